The fourth-order valence-electron chi connectivity index (χ4n) is 3.20. The van der Waals surface area contributed by atoms with Crippen LogP contribution in [0.4, 0.5) is 4.79 Å². The second-order valence-corrected chi connectivity index (χ2v) is 6.44. The number of nitrogens with two attached hydrogens (primary N) is 1. The van der Waals surface area contributed by atoms with Crippen LogP contribution in [0.3, 0.4) is 0 Å². The molecule has 3 N–H and O–H groups in total. The molecule has 0 bridgehead atoms. The number of likely N-dealkylation sites (tertiary alicyclic amines) is 1. The molecule has 126 valence electrons. The Balaban J connectivity index is 1.63. The van der Waals surface area contributed by atoms with E-state index in [4.69, 9.17) is 5.73 Å². The summed E-state index contributed by atoms with van der Waals surface area (Å²) in [6, 6.07) is 14.0. The van der Waals surface area contributed by atoms with Crippen LogP contribution in [-0.2, 0) is 4.79 Å². The molecule has 0 aromatic heterocycles. The lowest BCUT2D eigenvalue weighted by Gasteiger charge is -2.31. The Kier molecular flexibility index (Phi) is 4.69. The summed E-state index contributed by atoms with van der Waals surface area (Å²) in [5.74, 6) is -0.174. The van der Waals surface area contributed by atoms with Gasteiger partial charge >= 0.3 is 6.03 Å². The van der Waals surface area contributed by atoms with Gasteiger partial charge in [-0.3, -0.25) is 4.79 Å². The summed E-state index contributed by atoms with van der Waals surface area (Å²) in [7, 11) is 0. The van der Waals surface area contributed by atoms with Crippen LogP contribution < -0.4 is 11.1 Å². The summed E-state index contributed by atoms with van der Waals surface area (Å²) >= 11 is 0. The number of piperidine rings is 1. The molecule has 0 aliphatic carbocycles. The van der Waals surface area contributed by atoms with Crippen LogP contribution in [0.5, 0.6) is 0 Å². The number of urea groups is 1. The quantitative estimate of drug-likeness (QED) is 0.910. The molecular formula is C19H23N3O2. The van der Waals surface area contributed by atoms with Gasteiger partial charge < -0.3 is 16.0 Å². The molecule has 1 aliphatic rings. The van der Waals surface area contributed by atoms with Crippen LogP contribution in [0.2, 0.25) is 0 Å². The molecule has 5 heteroatoms. The molecule has 1 fully saturated rings. The average Bonchev–Trinajstić information content (AvgIpc) is 2.61. The molecule has 1 aliphatic heterocycles. The van der Waals surface area contributed by atoms with E-state index in [1.165, 1.54) is 5.39 Å². The van der Waals surface area contributed by atoms with Crippen molar-refractivity contribution in [2.75, 3.05) is 13.1 Å². The average molecular weight is 325 g/mol. The molecule has 1 heterocycles. The Morgan fingerprint density at radius 2 is 1.79 bits per heavy atom. The number of carbonyl (C=O) groups is 2. The summed E-state index contributed by atoms with van der Waals surface area (Å²) in [5, 5.41) is 5.42. The van der Waals surface area contributed by atoms with Crippen molar-refractivity contribution in [2.24, 2.45) is 5.73 Å². The molecular weight excluding hydrogens is 302 g/mol. The number of amides is 3. The van der Waals surface area contributed by atoms with Gasteiger partial charge in [0.15, 0.2) is 0 Å². The smallest absolute Gasteiger partial charge is 0.314 e. The van der Waals surface area contributed by atoms with Gasteiger partial charge in [-0.2, -0.15) is 0 Å². The van der Waals surface area contributed by atoms with Crippen molar-refractivity contribution in [1.82, 2.24) is 10.2 Å². The van der Waals surface area contributed by atoms with E-state index < -0.39 is 0 Å². The third-order valence-electron chi connectivity index (χ3n) is 4.82. The molecule has 2 aromatic rings. The third-order valence-corrected chi connectivity index (χ3v) is 4.82. The lowest BCUT2D eigenvalue weighted by atomic mass is 9.96. The Hall–Kier alpha value is -2.56. The van der Waals surface area contributed by atoms with Crippen LogP contribution in [0.1, 0.15) is 31.2 Å². The standard InChI is InChI=1S/C19H23N3O2/c1-13(15-7-6-14-4-2-3-5-16(14)12-15)18(23)21-17-8-10-22(11-9-17)19(20)24/h2-7,12-13,17H,8-11H2,1H3,(H2,20,24)(H,21,23). The van der Waals surface area contributed by atoms with Crippen LogP contribution in [0.15, 0.2) is 42.5 Å². The van der Waals surface area contributed by atoms with Crippen LogP contribution in [0.25, 0.3) is 10.8 Å². The van der Waals surface area contributed by atoms with Crippen molar-refractivity contribution in [3.63, 3.8) is 0 Å². The zero-order valence-electron chi connectivity index (χ0n) is 13.9. The lowest BCUT2D eigenvalue weighted by Crippen LogP contribution is -2.48. The summed E-state index contributed by atoms with van der Waals surface area (Å²) in [6.07, 6.45) is 1.50. The van der Waals surface area contributed by atoms with Gasteiger partial charge in [-0.05, 0) is 36.1 Å². The van der Waals surface area contributed by atoms with E-state index in [1.807, 2.05) is 25.1 Å². The summed E-state index contributed by atoms with van der Waals surface area (Å²) in [4.78, 5) is 25.3. The fraction of sp³-hybridized carbons (Fsp3) is 0.368. The van der Waals surface area contributed by atoms with Crippen molar-refractivity contribution in [3.05, 3.63) is 48.0 Å². The van der Waals surface area contributed by atoms with Crippen LogP contribution in [-0.4, -0.2) is 36.0 Å². The largest absolute Gasteiger partial charge is 0.353 e. The zero-order valence-corrected chi connectivity index (χ0v) is 13.9. The van der Waals surface area contributed by atoms with Gasteiger partial charge in [-0.25, -0.2) is 4.79 Å². The Bertz CT molecular complexity index is 751. The van der Waals surface area contributed by atoms with E-state index in [9.17, 15) is 9.59 Å². The molecule has 1 saturated heterocycles. The summed E-state index contributed by atoms with van der Waals surface area (Å²) in [5.41, 5.74) is 6.30. The third kappa shape index (κ3) is 3.50. The van der Waals surface area contributed by atoms with E-state index in [0.29, 0.717) is 13.1 Å². The first kappa shape index (κ1) is 16.3. The Labute approximate surface area is 141 Å². The van der Waals surface area contributed by atoms with E-state index in [2.05, 4.69) is 29.6 Å². The molecule has 3 rings (SSSR count). The zero-order chi connectivity index (χ0) is 17.1. The monoisotopic (exact) mass is 325 g/mol. The number of benzene rings is 2. The maximum absolute atomic E-state index is 12.5. The van der Waals surface area contributed by atoms with Crippen molar-refractivity contribution in [1.29, 1.82) is 0 Å². The van der Waals surface area contributed by atoms with Gasteiger partial charge in [-0.15, -0.1) is 0 Å². The number of carbonyl (C=O) groups excluding carboxylic acids is 2. The maximum atomic E-state index is 12.5. The van der Waals surface area contributed by atoms with Gasteiger partial charge in [0.1, 0.15) is 0 Å². The number of fused-ring (bicyclic) bond motifs is 1. The molecule has 0 spiro atoms. The first-order valence-electron chi connectivity index (χ1n) is 8.38. The minimum Gasteiger partial charge on any atom is -0.353 e. The topological polar surface area (TPSA) is 75.4 Å². The number of rotatable bonds is 3. The van der Waals surface area contributed by atoms with Gasteiger partial charge in [0, 0.05) is 19.1 Å². The lowest BCUT2D eigenvalue weighted by molar-refractivity contribution is -0.123. The maximum Gasteiger partial charge on any atom is 0.314 e. The molecule has 2 aromatic carbocycles. The van der Waals surface area contributed by atoms with Crippen LogP contribution in [0, 0.1) is 0 Å². The molecule has 5 nitrogen and oxygen atoms in total. The molecule has 24 heavy (non-hydrogen) atoms. The first-order chi connectivity index (χ1) is 11.5. The predicted octanol–water partition coefficient (Wildman–Crippen LogP) is 2.60. The van der Waals surface area contributed by atoms with E-state index >= 15 is 0 Å². The first-order valence-corrected chi connectivity index (χ1v) is 8.38. The van der Waals surface area contributed by atoms with E-state index in [1.54, 1.807) is 4.90 Å². The number of hydrogen-bond acceptors (Lipinski definition) is 2. The molecule has 1 unspecified atom stereocenters. The summed E-state index contributed by atoms with van der Waals surface area (Å²) in [6.45, 7) is 3.13. The van der Waals surface area contributed by atoms with Gasteiger partial charge in [0.25, 0.3) is 0 Å². The van der Waals surface area contributed by atoms with Crippen molar-refractivity contribution < 1.29 is 9.59 Å². The van der Waals surface area contributed by atoms with Crippen molar-refractivity contribution in [2.45, 2.75) is 31.7 Å². The minimum atomic E-state index is -0.385. The number of primary amides is 1. The highest BCUT2D eigenvalue weighted by atomic mass is 16.2. The van der Waals surface area contributed by atoms with Crippen molar-refractivity contribution >= 4 is 22.7 Å². The Morgan fingerprint density at radius 3 is 2.46 bits per heavy atom. The van der Waals surface area contributed by atoms with Gasteiger partial charge in [0.2, 0.25) is 5.91 Å². The molecule has 0 saturated carbocycles. The Morgan fingerprint density at radius 1 is 1.12 bits per heavy atom. The van der Waals surface area contributed by atoms with Gasteiger partial charge in [-0.1, -0.05) is 42.5 Å². The van der Waals surface area contributed by atoms with Crippen LogP contribution >= 0.6 is 0 Å². The summed E-state index contributed by atoms with van der Waals surface area (Å²) < 4.78 is 0. The SMILES string of the molecule is CC(C(=O)NC1CCN(C(N)=O)CC1)c1ccc2ccccc2c1. The minimum absolute atomic E-state index is 0.0304. The highest BCUT2D eigenvalue weighted by molar-refractivity contribution is 5.87. The highest BCUT2D eigenvalue weighted by Crippen LogP contribution is 2.22. The molecule has 1 atom stereocenters. The van der Waals surface area contributed by atoms with Crippen molar-refractivity contribution in [3.8, 4) is 0 Å². The molecule has 3 amide bonds. The highest BCUT2D eigenvalue weighted by Gasteiger charge is 2.24. The van der Waals surface area contributed by atoms with Gasteiger partial charge in [0.05, 0.1) is 5.92 Å². The second-order valence-electron chi connectivity index (χ2n) is 6.44. The number of nitrogens with one attached hydrogen (secondary N) is 1. The number of nitrogens with zero attached hydrogens (tertiary/aromatic N) is 1. The fourth-order valence-corrected chi connectivity index (χ4v) is 3.20. The molecule has 0 radical (unpaired) electrons. The normalized spacial score (nSPS) is 16.8. The predicted molar refractivity (Wildman–Crippen MR) is 94.7 cm³/mol. The number of hydrogen-bond donors (Lipinski definition) is 2. The van der Waals surface area contributed by atoms with E-state index in [-0.39, 0.29) is 23.9 Å². The second kappa shape index (κ2) is 6.91. The van der Waals surface area contributed by atoms with E-state index in [0.717, 1.165) is 23.8 Å².